The van der Waals surface area contributed by atoms with Gasteiger partial charge < -0.3 is 0 Å². The first-order valence-electron chi connectivity index (χ1n) is 5.68. The fourth-order valence-corrected chi connectivity index (χ4v) is 1.79. The Bertz CT molecular complexity index is 380. The maximum atomic E-state index is 13.8. The lowest BCUT2D eigenvalue weighted by Crippen LogP contribution is -2.10. The van der Waals surface area contributed by atoms with Gasteiger partial charge in [-0.3, -0.25) is 0 Å². The largest absolute Gasteiger partial charge is 0.389 e. The lowest BCUT2D eigenvalue weighted by molar-refractivity contribution is -0.134. The first kappa shape index (κ1) is 14.0. The second-order valence-electron chi connectivity index (χ2n) is 4.19. The van der Waals surface area contributed by atoms with Crippen molar-refractivity contribution < 1.29 is 17.6 Å². The molecular formula is C13H16F4. The molecule has 0 fully saturated rings. The molecule has 0 saturated carbocycles. The highest BCUT2D eigenvalue weighted by Gasteiger charge is 2.27. The first-order valence-corrected chi connectivity index (χ1v) is 5.68. The van der Waals surface area contributed by atoms with Crippen LogP contribution in [0.25, 0.3) is 0 Å². The zero-order valence-electron chi connectivity index (χ0n) is 9.99. The molecule has 0 heterocycles. The molecule has 96 valence electrons. The van der Waals surface area contributed by atoms with Gasteiger partial charge in [0.1, 0.15) is 5.82 Å². The molecule has 0 saturated heterocycles. The van der Waals surface area contributed by atoms with Crippen LogP contribution in [0.15, 0.2) is 12.1 Å². The number of benzene rings is 1. The Morgan fingerprint density at radius 2 is 1.65 bits per heavy atom. The van der Waals surface area contributed by atoms with Gasteiger partial charge in [-0.05, 0) is 36.5 Å². The van der Waals surface area contributed by atoms with Gasteiger partial charge in [-0.25, -0.2) is 4.39 Å². The molecule has 0 aliphatic heterocycles. The number of rotatable bonds is 4. The maximum Gasteiger partial charge on any atom is 0.389 e. The van der Waals surface area contributed by atoms with Crippen molar-refractivity contribution >= 4 is 0 Å². The van der Waals surface area contributed by atoms with Crippen molar-refractivity contribution in [3.8, 4) is 0 Å². The number of aryl methyl sites for hydroxylation is 2. The van der Waals surface area contributed by atoms with Gasteiger partial charge in [-0.2, -0.15) is 13.2 Å². The van der Waals surface area contributed by atoms with E-state index in [9.17, 15) is 17.6 Å². The molecule has 0 amide bonds. The van der Waals surface area contributed by atoms with Gasteiger partial charge in [0.2, 0.25) is 0 Å². The summed E-state index contributed by atoms with van der Waals surface area (Å²) in [6.07, 6.45) is -3.86. The van der Waals surface area contributed by atoms with Crippen molar-refractivity contribution in [2.24, 2.45) is 0 Å². The van der Waals surface area contributed by atoms with Crippen LogP contribution in [-0.4, -0.2) is 6.18 Å². The summed E-state index contributed by atoms with van der Waals surface area (Å²) < 4.78 is 49.9. The number of hydrogen-bond acceptors (Lipinski definition) is 0. The maximum absolute atomic E-state index is 13.8. The zero-order valence-corrected chi connectivity index (χ0v) is 9.99. The summed E-state index contributed by atoms with van der Waals surface area (Å²) in [5.41, 5.74) is 1.51. The highest BCUT2D eigenvalue weighted by molar-refractivity contribution is 5.33. The highest BCUT2D eigenvalue weighted by atomic mass is 19.4. The van der Waals surface area contributed by atoms with Crippen LogP contribution in [0.5, 0.6) is 0 Å². The van der Waals surface area contributed by atoms with Crippen molar-refractivity contribution in [2.75, 3.05) is 0 Å². The zero-order chi connectivity index (χ0) is 13.1. The molecule has 0 radical (unpaired) electrons. The van der Waals surface area contributed by atoms with Crippen LogP contribution in [0.1, 0.15) is 36.5 Å². The summed E-state index contributed by atoms with van der Waals surface area (Å²) in [7, 11) is 0. The second-order valence-corrected chi connectivity index (χ2v) is 4.19. The smallest absolute Gasteiger partial charge is 0.206 e. The van der Waals surface area contributed by atoms with Gasteiger partial charge in [0.05, 0.1) is 0 Å². The Kier molecular flexibility index (Phi) is 4.54. The molecule has 0 N–H and O–H groups in total. The summed E-state index contributed by atoms with van der Waals surface area (Å²) in [5, 5.41) is 0. The van der Waals surface area contributed by atoms with E-state index in [1.54, 1.807) is 13.0 Å². The van der Waals surface area contributed by atoms with Crippen LogP contribution < -0.4 is 0 Å². The topological polar surface area (TPSA) is 0 Å². The Balaban J connectivity index is 2.85. The number of halogens is 4. The van der Waals surface area contributed by atoms with Crippen molar-refractivity contribution in [1.29, 1.82) is 0 Å². The summed E-state index contributed by atoms with van der Waals surface area (Å²) in [4.78, 5) is 0. The Morgan fingerprint density at radius 1 is 1.06 bits per heavy atom. The normalized spacial score (nSPS) is 11.9. The molecule has 0 bridgehead atoms. The Hall–Kier alpha value is -1.06. The lowest BCUT2D eigenvalue weighted by Gasteiger charge is -2.11. The monoisotopic (exact) mass is 248 g/mol. The average molecular weight is 248 g/mol. The van der Waals surface area contributed by atoms with E-state index >= 15 is 0 Å². The molecule has 0 aromatic heterocycles. The van der Waals surface area contributed by atoms with Crippen LogP contribution in [0.4, 0.5) is 17.6 Å². The second kappa shape index (κ2) is 5.52. The lowest BCUT2D eigenvalue weighted by atomic mass is 9.98. The van der Waals surface area contributed by atoms with Crippen molar-refractivity contribution in [3.63, 3.8) is 0 Å². The SMILES string of the molecule is CCCc1ccc(CCC(F)(F)F)c(F)c1C. The predicted molar refractivity (Wildman–Crippen MR) is 59.5 cm³/mol. The van der Waals surface area contributed by atoms with E-state index in [4.69, 9.17) is 0 Å². The quantitative estimate of drug-likeness (QED) is 0.684. The van der Waals surface area contributed by atoms with E-state index in [0.717, 1.165) is 18.4 Å². The fraction of sp³-hybridized carbons (Fsp3) is 0.538. The summed E-state index contributed by atoms with van der Waals surface area (Å²) in [6, 6.07) is 3.20. The Labute approximate surface area is 98.6 Å². The molecule has 17 heavy (non-hydrogen) atoms. The predicted octanol–water partition coefficient (Wildman–Crippen LogP) is 4.58. The molecule has 1 rings (SSSR count). The minimum Gasteiger partial charge on any atom is -0.206 e. The van der Waals surface area contributed by atoms with E-state index in [2.05, 4.69) is 0 Å². The minimum atomic E-state index is -4.23. The molecule has 4 heteroatoms. The van der Waals surface area contributed by atoms with E-state index in [1.807, 2.05) is 6.92 Å². The number of hydrogen-bond donors (Lipinski definition) is 0. The molecule has 0 nitrogen and oxygen atoms in total. The van der Waals surface area contributed by atoms with Gasteiger partial charge in [0.25, 0.3) is 0 Å². The van der Waals surface area contributed by atoms with Crippen molar-refractivity contribution in [3.05, 3.63) is 34.6 Å². The third-order valence-corrected chi connectivity index (χ3v) is 2.78. The van der Waals surface area contributed by atoms with Crippen LogP contribution in [0.3, 0.4) is 0 Å². The van der Waals surface area contributed by atoms with Gasteiger partial charge in [-0.1, -0.05) is 25.5 Å². The van der Waals surface area contributed by atoms with Gasteiger partial charge in [0.15, 0.2) is 0 Å². The number of alkyl halides is 3. The van der Waals surface area contributed by atoms with Crippen molar-refractivity contribution in [2.45, 2.75) is 45.7 Å². The Morgan fingerprint density at radius 3 is 2.18 bits per heavy atom. The molecule has 1 aromatic rings. The van der Waals surface area contributed by atoms with Crippen LogP contribution in [0.2, 0.25) is 0 Å². The van der Waals surface area contributed by atoms with Crippen molar-refractivity contribution in [1.82, 2.24) is 0 Å². The third kappa shape index (κ3) is 4.02. The average Bonchev–Trinajstić information content (AvgIpc) is 2.23. The minimum absolute atomic E-state index is 0.152. The molecule has 0 atom stereocenters. The molecule has 0 unspecified atom stereocenters. The molecular weight excluding hydrogens is 232 g/mol. The van der Waals surface area contributed by atoms with Gasteiger partial charge in [0, 0.05) is 6.42 Å². The standard InChI is InChI=1S/C13H16F4/c1-3-4-10-5-6-11(12(14)9(10)2)7-8-13(15,16)17/h5-6H,3-4,7-8H2,1-2H3. The van der Waals surface area contributed by atoms with Gasteiger partial charge >= 0.3 is 6.18 Å². The van der Waals surface area contributed by atoms with E-state index in [0.29, 0.717) is 5.56 Å². The highest BCUT2D eigenvalue weighted by Crippen LogP contribution is 2.25. The van der Waals surface area contributed by atoms with Crippen LogP contribution in [-0.2, 0) is 12.8 Å². The summed E-state index contributed by atoms with van der Waals surface area (Å²) >= 11 is 0. The van der Waals surface area contributed by atoms with E-state index < -0.39 is 18.4 Å². The van der Waals surface area contributed by atoms with Gasteiger partial charge in [-0.15, -0.1) is 0 Å². The molecule has 0 spiro atoms. The first-order chi connectivity index (χ1) is 7.85. The third-order valence-electron chi connectivity index (χ3n) is 2.78. The van der Waals surface area contributed by atoms with E-state index in [1.165, 1.54) is 6.07 Å². The fourth-order valence-electron chi connectivity index (χ4n) is 1.79. The van der Waals surface area contributed by atoms with Crippen LogP contribution >= 0.6 is 0 Å². The van der Waals surface area contributed by atoms with E-state index in [-0.39, 0.29) is 12.0 Å². The molecule has 0 aliphatic carbocycles. The van der Waals surface area contributed by atoms with Crippen LogP contribution in [0, 0.1) is 12.7 Å². The summed E-state index contributed by atoms with van der Waals surface area (Å²) in [5.74, 6) is -0.486. The molecule has 1 aromatic carbocycles. The summed E-state index contributed by atoms with van der Waals surface area (Å²) in [6.45, 7) is 3.60. The molecule has 0 aliphatic rings.